The number of aliphatic imine (C=N–C) groups is 1. The van der Waals surface area contributed by atoms with Gasteiger partial charge in [0.1, 0.15) is 0 Å². The van der Waals surface area contributed by atoms with E-state index in [1.165, 1.54) is 0 Å². The summed E-state index contributed by atoms with van der Waals surface area (Å²) in [5, 5.41) is 20.3. The maximum absolute atomic E-state index is 9.02. The third kappa shape index (κ3) is 4.57. The van der Waals surface area contributed by atoms with Gasteiger partial charge in [0.05, 0.1) is 23.0 Å². The zero-order valence-corrected chi connectivity index (χ0v) is 16.4. The quantitative estimate of drug-likeness (QED) is 0.532. The highest BCUT2D eigenvalue weighted by atomic mass is 15.3. The molecule has 0 radical (unpaired) electrons. The van der Waals surface area contributed by atoms with Gasteiger partial charge in [-0.2, -0.15) is 10.4 Å². The minimum Gasteiger partial charge on any atom is -0.352 e. The van der Waals surface area contributed by atoms with Crippen LogP contribution in [0.4, 0.5) is 0 Å². The summed E-state index contributed by atoms with van der Waals surface area (Å²) in [7, 11) is 1.74. The van der Waals surface area contributed by atoms with Crippen molar-refractivity contribution in [1.29, 1.82) is 5.26 Å². The van der Waals surface area contributed by atoms with Crippen molar-refractivity contribution in [3.63, 3.8) is 0 Å². The van der Waals surface area contributed by atoms with Crippen molar-refractivity contribution in [2.24, 2.45) is 4.99 Å². The van der Waals surface area contributed by atoms with Gasteiger partial charge in [-0.3, -0.25) is 4.99 Å². The van der Waals surface area contributed by atoms with E-state index in [2.05, 4.69) is 51.9 Å². The molecule has 2 aromatic carbocycles. The number of hydrogen-bond acceptors (Lipinski definition) is 3. The van der Waals surface area contributed by atoms with E-state index in [0.29, 0.717) is 24.6 Å². The highest BCUT2D eigenvalue weighted by Gasteiger charge is 2.09. The van der Waals surface area contributed by atoms with Gasteiger partial charge in [-0.05, 0) is 49.2 Å². The highest BCUT2D eigenvalue weighted by Crippen LogP contribution is 2.16. The van der Waals surface area contributed by atoms with Gasteiger partial charge in [-0.25, -0.2) is 4.68 Å². The molecular formula is C22H24N6. The van der Waals surface area contributed by atoms with Crippen molar-refractivity contribution < 1.29 is 0 Å². The van der Waals surface area contributed by atoms with E-state index in [1.807, 2.05) is 41.9 Å². The van der Waals surface area contributed by atoms with E-state index in [4.69, 9.17) is 5.26 Å². The molecule has 0 bridgehead atoms. The number of guanidine groups is 1. The van der Waals surface area contributed by atoms with E-state index in [0.717, 1.165) is 28.2 Å². The van der Waals surface area contributed by atoms with Crippen molar-refractivity contribution in [2.45, 2.75) is 26.9 Å². The van der Waals surface area contributed by atoms with Crippen LogP contribution in [0.15, 0.2) is 59.6 Å². The Labute approximate surface area is 165 Å². The molecule has 0 amide bonds. The molecule has 6 heteroatoms. The van der Waals surface area contributed by atoms with Crippen molar-refractivity contribution >= 4 is 5.96 Å². The summed E-state index contributed by atoms with van der Waals surface area (Å²) in [5.41, 5.74) is 5.97. The second-order valence-corrected chi connectivity index (χ2v) is 6.56. The fourth-order valence-corrected chi connectivity index (χ4v) is 3.08. The normalized spacial score (nSPS) is 11.1. The monoisotopic (exact) mass is 372 g/mol. The first-order chi connectivity index (χ1) is 13.6. The van der Waals surface area contributed by atoms with Crippen LogP contribution in [-0.2, 0) is 13.1 Å². The lowest BCUT2D eigenvalue weighted by Crippen LogP contribution is -2.36. The van der Waals surface area contributed by atoms with Crippen LogP contribution in [-0.4, -0.2) is 22.8 Å². The third-order valence-corrected chi connectivity index (χ3v) is 4.42. The molecule has 0 fully saturated rings. The molecule has 0 spiro atoms. The molecule has 2 N–H and O–H groups in total. The number of para-hydroxylation sites is 1. The summed E-state index contributed by atoms with van der Waals surface area (Å²) >= 11 is 0. The van der Waals surface area contributed by atoms with Gasteiger partial charge in [-0.15, -0.1) is 0 Å². The van der Waals surface area contributed by atoms with Crippen molar-refractivity contribution in [1.82, 2.24) is 20.4 Å². The Morgan fingerprint density at radius 3 is 2.57 bits per heavy atom. The van der Waals surface area contributed by atoms with Crippen LogP contribution in [0, 0.1) is 25.2 Å². The average molecular weight is 372 g/mol. The predicted molar refractivity (Wildman–Crippen MR) is 111 cm³/mol. The van der Waals surface area contributed by atoms with Gasteiger partial charge in [0.25, 0.3) is 0 Å². The number of aryl methyl sites for hydroxylation is 2. The molecule has 3 rings (SSSR count). The molecule has 1 heterocycles. The maximum Gasteiger partial charge on any atom is 0.191 e. The summed E-state index contributed by atoms with van der Waals surface area (Å²) < 4.78 is 1.97. The third-order valence-electron chi connectivity index (χ3n) is 4.42. The van der Waals surface area contributed by atoms with Crippen LogP contribution in [0.3, 0.4) is 0 Å². The fraction of sp³-hybridized carbons (Fsp3) is 0.227. The second kappa shape index (κ2) is 8.87. The van der Waals surface area contributed by atoms with Gasteiger partial charge >= 0.3 is 0 Å². The summed E-state index contributed by atoms with van der Waals surface area (Å²) in [6, 6.07) is 20.0. The number of benzene rings is 2. The van der Waals surface area contributed by atoms with Crippen LogP contribution in [0.5, 0.6) is 0 Å². The van der Waals surface area contributed by atoms with E-state index in [-0.39, 0.29) is 0 Å². The lowest BCUT2D eigenvalue weighted by molar-refractivity contribution is 0.781. The van der Waals surface area contributed by atoms with E-state index < -0.39 is 0 Å². The largest absolute Gasteiger partial charge is 0.352 e. The van der Waals surface area contributed by atoms with E-state index >= 15 is 0 Å². The Balaban J connectivity index is 1.67. The smallest absolute Gasteiger partial charge is 0.191 e. The first-order valence-corrected chi connectivity index (χ1v) is 9.16. The molecule has 6 nitrogen and oxygen atoms in total. The lowest BCUT2D eigenvalue weighted by atomic mass is 10.1. The highest BCUT2D eigenvalue weighted by molar-refractivity contribution is 5.79. The number of hydrogen-bond donors (Lipinski definition) is 2. The second-order valence-electron chi connectivity index (χ2n) is 6.56. The summed E-state index contributed by atoms with van der Waals surface area (Å²) in [4.78, 5) is 4.29. The number of nitrogens with one attached hydrogen (secondary N) is 2. The zero-order valence-electron chi connectivity index (χ0n) is 16.4. The molecule has 28 heavy (non-hydrogen) atoms. The fourth-order valence-electron chi connectivity index (χ4n) is 3.08. The Bertz CT molecular complexity index is 1030. The first-order valence-electron chi connectivity index (χ1n) is 9.16. The van der Waals surface area contributed by atoms with Gasteiger partial charge in [0.2, 0.25) is 0 Å². The minimum atomic E-state index is 0.592. The van der Waals surface area contributed by atoms with Crippen molar-refractivity contribution in [3.8, 4) is 11.8 Å². The molecule has 0 saturated carbocycles. The molecule has 142 valence electrons. The van der Waals surface area contributed by atoms with Crippen LogP contribution in [0.2, 0.25) is 0 Å². The minimum absolute atomic E-state index is 0.592. The lowest BCUT2D eigenvalue weighted by Gasteiger charge is -2.15. The molecular weight excluding hydrogens is 348 g/mol. The maximum atomic E-state index is 9.02. The molecule has 3 aromatic rings. The molecule has 0 aliphatic rings. The number of aromatic nitrogens is 2. The van der Waals surface area contributed by atoms with Gasteiger partial charge < -0.3 is 10.6 Å². The number of nitrogens with zero attached hydrogens (tertiary/aromatic N) is 4. The molecule has 0 unspecified atom stereocenters. The standard InChI is InChI=1S/C22H24N6/c1-16-11-17(2)28(27-16)21-10-5-4-9-20(21)15-26-22(24-3)25-14-19-8-6-7-18(12-19)13-23/h4-12H,14-15H2,1-3H3,(H2,24,25,26). The summed E-state index contributed by atoms with van der Waals surface area (Å²) in [6.07, 6.45) is 0. The molecule has 0 saturated heterocycles. The Morgan fingerprint density at radius 2 is 1.86 bits per heavy atom. The Hall–Kier alpha value is -3.59. The molecule has 1 aromatic heterocycles. The van der Waals surface area contributed by atoms with Crippen LogP contribution >= 0.6 is 0 Å². The molecule has 0 atom stereocenters. The first kappa shape index (κ1) is 19.2. The van der Waals surface area contributed by atoms with Gasteiger partial charge in [-0.1, -0.05) is 30.3 Å². The predicted octanol–water partition coefficient (Wildman–Crippen LogP) is 3.23. The Morgan fingerprint density at radius 1 is 1.07 bits per heavy atom. The topological polar surface area (TPSA) is 78.0 Å². The van der Waals surface area contributed by atoms with Crippen molar-refractivity contribution in [3.05, 3.63) is 82.7 Å². The van der Waals surface area contributed by atoms with Crippen LogP contribution < -0.4 is 10.6 Å². The number of rotatable bonds is 5. The summed E-state index contributed by atoms with van der Waals surface area (Å²) in [5.74, 6) is 0.700. The number of nitriles is 1. The SMILES string of the molecule is CN=C(NCc1cccc(C#N)c1)NCc1ccccc1-n1nc(C)cc1C. The van der Waals surface area contributed by atoms with E-state index in [1.54, 1.807) is 13.1 Å². The Kier molecular flexibility index (Phi) is 6.07. The molecule has 0 aliphatic heterocycles. The van der Waals surface area contributed by atoms with E-state index in [9.17, 15) is 0 Å². The average Bonchev–Trinajstić information content (AvgIpc) is 3.06. The zero-order chi connectivity index (χ0) is 19.9. The van der Waals surface area contributed by atoms with Crippen LogP contribution in [0.1, 0.15) is 28.1 Å². The van der Waals surface area contributed by atoms with Crippen molar-refractivity contribution in [2.75, 3.05) is 7.05 Å². The van der Waals surface area contributed by atoms with Gasteiger partial charge in [0.15, 0.2) is 5.96 Å². The molecule has 0 aliphatic carbocycles. The van der Waals surface area contributed by atoms with Gasteiger partial charge in [0, 0.05) is 25.8 Å². The summed E-state index contributed by atoms with van der Waals surface area (Å²) in [6.45, 7) is 5.26. The van der Waals surface area contributed by atoms with Crippen LogP contribution in [0.25, 0.3) is 5.69 Å².